The van der Waals surface area contributed by atoms with Crippen LogP contribution < -0.4 is 9.47 Å². The van der Waals surface area contributed by atoms with Crippen LogP contribution in [-0.2, 0) is 0 Å². The van der Waals surface area contributed by atoms with Gasteiger partial charge in [0.1, 0.15) is 11.5 Å². The Bertz CT molecular complexity index is 568. The maximum absolute atomic E-state index is 5.84. The predicted octanol–water partition coefficient (Wildman–Crippen LogP) is 5.57. The Balaban J connectivity index is 1.85. The lowest BCUT2D eigenvalue weighted by Gasteiger charge is -2.09. The summed E-state index contributed by atoms with van der Waals surface area (Å²) in [6.07, 6.45) is 4.71. The molecule has 1 atom stereocenters. The molecule has 0 radical (unpaired) electrons. The van der Waals surface area contributed by atoms with E-state index in [0.29, 0.717) is 4.83 Å². The number of benzene rings is 2. The highest BCUT2D eigenvalue weighted by Crippen LogP contribution is 2.25. The molecule has 3 heteroatoms. The predicted molar refractivity (Wildman–Crippen MR) is 92.9 cm³/mol. The Labute approximate surface area is 135 Å². The molecule has 0 aliphatic rings. The van der Waals surface area contributed by atoms with Gasteiger partial charge < -0.3 is 9.47 Å². The van der Waals surface area contributed by atoms with Crippen LogP contribution in [0.2, 0.25) is 0 Å². The second-order valence-electron chi connectivity index (χ2n) is 5.22. The molecule has 0 aliphatic carbocycles. The minimum atomic E-state index is 0.646. The molecule has 2 aromatic rings. The van der Waals surface area contributed by atoms with Gasteiger partial charge in [-0.1, -0.05) is 35.0 Å². The lowest BCUT2D eigenvalue weighted by molar-refractivity contribution is 0.305. The van der Waals surface area contributed by atoms with Crippen molar-refractivity contribution in [1.29, 1.82) is 0 Å². The zero-order chi connectivity index (χ0) is 15.1. The molecular formula is C18H23BrO2. The Morgan fingerprint density at radius 3 is 2.33 bits per heavy atom. The van der Waals surface area contributed by atoms with Gasteiger partial charge in [0.25, 0.3) is 0 Å². The van der Waals surface area contributed by atoms with Gasteiger partial charge >= 0.3 is 0 Å². The highest BCUT2D eigenvalue weighted by molar-refractivity contribution is 9.09. The molecule has 1 unspecified atom stereocenters. The first-order valence-electron chi connectivity index (χ1n) is 7.57. The van der Waals surface area contributed by atoms with Crippen LogP contribution in [0.1, 0.15) is 32.6 Å². The summed E-state index contributed by atoms with van der Waals surface area (Å²) in [5.41, 5.74) is 0. The second-order valence-corrected chi connectivity index (χ2v) is 6.52. The molecule has 2 aromatic carbocycles. The Morgan fingerprint density at radius 2 is 1.67 bits per heavy atom. The van der Waals surface area contributed by atoms with E-state index in [0.717, 1.165) is 24.5 Å². The fourth-order valence-electron chi connectivity index (χ4n) is 2.28. The van der Waals surface area contributed by atoms with Crippen molar-refractivity contribution in [2.75, 3.05) is 13.7 Å². The van der Waals surface area contributed by atoms with Crippen LogP contribution in [0.15, 0.2) is 36.4 Å². The summed E-state index contributed by atoms with van der Waals surface area (Å²) in [6.45, 7) is 2.99. The molecule has 0 aromatic heterocycles. The van der Waals surface area contributed by atoms with Crippen molar-refractivity contribution in [3.05, 3.63) is 36.4 Å². The molecule has 0 fully saturated rings. The fraction of sp³-hybridized carbons (Fsp3) is 0.444. The molecule has 0 aliphatic heterocycles. The number of hydrogen-bond donors (Lipinski definition) is 0. The lowest BCUT2D eigenvalue weighted by atomic mass is 10.1. The first kappa shape index (κ1) is 16.2. The summed E-state index contributed by atoms with van der Waals surface area (Å²) in [5, 5.41) is 2.35. The van der Waals surface area contributed by atoms with E-state index < -0.39 is 0 Å². The molecule has 21 heavy (non-hydrogen) atoms. The van der Waals surface area contributed by atoms with Crippen LogP contribution in [-0.4, -0.2) is 18.5 Å². The van der Waals surface area contributed by atoms with Crippen molar-refractivity contribution >= 4 is 26.7 Å². The van der Waals surface area contributed by atoms with E-state index in [1.165, 1.54) is 30.0 Å². The number of halogens is 1. The van der Waals surface area contributed by atoms with Crippen LogP contribution in [0.5, 0.6) is 11.5 Å². The largest absolute Gasteiger partial charge is 0.497 e. The summed E-state index contributed by atoms with van der Waals surface area (Å²) >= 11 is 3.66. The standard InChI is InChI=1S/C18H23BrO2/c1-3-16(19)6-4-5-11-21-18-10-8-14-12-17(20-2)9-7-15(14)13-18/h7-10,12-13,16H,3-6,11H2,1-2H3. The van der Waals surface area contributed by atoms with E-state index >= 15 is 0 Å². The molecule has 114 valence electrons. The Kier molecular flexibility index (Phi) is 6.37. The second kappa shape index (κ2) is 8.28. The van der Waals surface area contributed by atoms with E-state index in [2.05, 4.69) is 41.1 Å². The third kappa shape index (κ3) is 4.92. The first-order valence-corrected chi connectivity index (χ1v) is 8.49. The highest BCUT2D eigenvalue weighted by atomic mass is 79.9. The van der Waals surface area contributed by atoms with Crippen LogP contribution in [0.3, 0.4) is 0 Å². The molecule has 2 nitrogen and oxygen atoms in total. The summed E-state index contributed by atoms with van der Waals surface area (Å²) in [4.78, 5) is 0.646. The molecule has 0 amide bonds. The van der Waals surface area contributed by atoms with Crippen LogP contribution in [0.25, 0.3) is 10.8 Å². The number of ether oxygens (including phenoxy) is 2. The Morgan fingerprint density at radius 1 is 1.00 bits per heavy atom. The quantitative estimate of drug-likeness (QED) is 0.457. The maximum Gasteiger partial charge on any atom is 0.119 e. The van der Waals surface area contributed by atoms with Crippen molar-refractivity contribution < 1.29 is 9.47 Å². The van der Waals surface area contributed by atoms with Crippen molar-refractivity contribution in [2.45, 2.75) is 37.4 Å². The average Bonchev–Trinajstić information content (AvgIpc) is 2.53. The monoisotopic (exact) mass is 350 g/mol. The first-order chi connectivity index (χ1) is 10.2. The third-order valence-corrected chi connectivity index (χ3v) is 4.75. The molecule has 2 rings (SSSR count). The number of hydrogen-bond acceptors (Lipinski definition) is 2. The van der Waals surface area contributed by atoms with Gasteiger partial charge in [-0.05, 0) is 60.7 Å². The number of alkyl halides is 1. The molecule has 0 saturated carbocycles. The Hall–Kier alpha value is -1.22. The van der Waals surface area contributed by atoms with E-state index in [1.54, 1.807) is 7.11 Å². The van der Waals surface area contributed by atoms with Gasteiger partial charge in [-0.2, -0.15) is 0 Å². The van der Waals surface area contributed by atoms with Crippen molar-refractivity contribution in [1.82, 2.24) is 0 Å². The van der Waals surface area contributed by atoms with Gasteiger partial charge in [-0.15, -0.1) is 0 Å². The van der Waals surface area contributed by atoms with Crippen molar-refractivity contribution in [3.8, 4) is 11.5 Å². The third-order valence-electron chi connectivity index (χ3n) is 3.64. The summed E-state index contributed by atoms with van der Waals surface area (Å²) in [6, 6.07) is 12.3. The van der Waals surface area contributed by atoms with Gasteiger partial charge in [0.2, 0.25) is 0 Å². The van der Waals surface area contributed by atoms with Crippen molar-refractivity contribution in [2.24, 2.45) is 0 Å². The molecule has 0 heterocycles. The molecule has 0 spiro atoms. The van der Waals surface area contributed by atoms with Crippen LogP contribution in [0, 0.1) is 0 Å². The molecule has 0 N–H and O–H groups in total. The summed E-state index contributed by atoms with van der Waals surface area (Å²) in [7, 11) is 1.69. The van der Waals surface area contributed by atoms with Gasteiger partial charge in [0.15, 0.2) is 0 Å². The topological polar surface area (TPSA) is 18.5 Å². The normalized spacial score (nSPS) is 12.3. The van der Waals surface area contributed by atoms with Crippen molar-refractivity contribution in [3.63, 3.8) is 0 Å². The van der Waals surface area contributed by atoms with E-state index in [9.17, 15) is 0 Å². The number of unbranched alkanes of at least 4 members (excludes halogenated alkanes) is 1. The minimum absolute atomic E-state index is 0.646. The van der Waals surface area contributed by atoms with Gasteiger partial charge in [0.05, 0.1) is 13.7 Å². The summed E-state index contributed by atoms with van der Waals surface area (Å²) in [5.74, 6) is 1.83. The molecule has 0 saturated heterocycles. The van der Waals surface area contributed by atoms with E-state index in [-0.39, 0.29) is 0 Å². The summed E-state index contributed by atoms with van der Waals surface area (Å²) < 4.78 is 11.1. The minimum Gasteiger partial charge on any atom is -0.497 e. The zero-order valence-electron chi connectivity index (χ0n) is 12.8. The van der Waals surface area contributed by atoms with Crippen LogP contribution in [0.4, 0.5) is 0 Å². The fourth-order valence-corrected chi connectivity index (χ4v) is 2.60. The molecular weight excluding hydrogens is 328 g/mol. The average molecular weight is 351 g/mol. The van der Waals surface area contributed by atoms with E-state index in [1.807, 2.05) is 18.2 Å². The van der Waals surface area contributed by atoms with Gasteiger partial charge in [-0.3, -0.25) is 0 Å². The number of methoxy groups -OCH3 is 1. The molecule has 0 bridgehead atoms. The maximum atomic E-state index is 5.84. The smallest absolute Gasteiger partial charge is 0.119 e. The van der Waals surface area contributed by atoms with E-state index in [4.69, 9.17) is 9.47 Å². The van der Waals surface area contributed by atoms with Crippen LogP contribution >= 0.6 is 15.9 Å². The number of fused-ring (bicyclic) bond motifs is 1. The zero-order valence-corrected chi connectivity index (χ0v) is 14.4. The van der Waals surface area contributed by atoms with Gasteiger partial charge in [0, 0.05) is 4.83 Å². The lowest BCUT2D eigenvalue weighted by Crippen LogP contribution is -2.00. The highest BCUT2D eigenvalue weighted by Gasteiger charge is 2.02. The number of rotatable bonds is 8. The SMILES string of the molecule is CCC(Br)CCCCOc1ccc2cc(OC)ccc2c1. The van der Waals surface area contributed by atoms with Gasteiger partial charge in [-0.25, -0.2) is 0 Å².